The number of aliphatic hydroxyl groups is 1. The zero-order chi connectivity index (χ0) is 11.9. The van der Waals surface area contributed by atoms with E-state index in [-0.39, 0.29) is 25.2 Å². The Morgan fingerprint density at radius 2 is 2.13 bits per heavy atom. The van der Waals surface area contributed by atoms with Crippen LogP contribution in [0.25, 0.3) is 0 Å². The van der Waals surface area contributed by atoms with Crippen LogP contribution in [0.3, 0.4) is 0 Å². The van der Waals surface area contributed by atoms with E-state index in [0.29, 0.717) is 0 Å². The normalized spacial score (nSPS) is 13.5. The summed E-state index contributed by atoms with van der Waals surface area (Å²) in [5.74, 6) is -0.577. The van der Waals surface area contributed by atoms with E-state index in [9.17, 15) is 13.2 Å². The highest BCUT2D eigenvalue weighted by Gasteiger charge is 2.14. The Labute approximate surface area is 89.7 Å². The third-order valence-corrected chi connectivity index (χ3v) is 3.26. The smallest absolute Gasteiger partial charge is 0.305 e. The zero-order valence-corrected chi connectivity index (χ0v) is 9.71. The molecule has 0 aromatic carbocycles. The largest absolute Gasteiger partial charge is 0.469 e. The second-order valence-electron chi connectivity index (χ2n) is 3.20. The van der Waals surface area contributed by atoms with Gasteiger partial charge in [-0.25, -0.2) is 13.1 Å². The standard InChI is InChI=1S/C8H17NO5S/c1-7(6-10)9-15(12,13)5-3-4-8(11)14-2/h7,9-10H,3-6H2,1-2H3/t7-/m1/s1. The van der Waals surface area contributed by atoms with Crippen molar-refractivity contribution < 1.29 is 23.1 Å². The highest BCUT2D eigenvalue weighted by molar-refractivity contribution is 7.89. The number of aliphatic hydroxyl groups excluding tert-OH is 1. The third kappa shape index (κ3) is 7.29. The van der Waals surface area contributed by atoms with Crippen LogP contribution in [0.15, 0.2) is 0 Å². The molecule has 0 aliphatic heterocycles. The van der Waals surface area contributed by atoms with E-state index in [4.69, 9.17) is 5.11 Å². The highest BCUT2D eigenvalue weighted by Crippen LogP contribution is 1.97. The van der Waals surface area contributed by atoms with E-state index in [1.165, 1.54) is 7.11 Å². The minimum atomic E-state index is -3.41. The molecule has 2 N–H and O–H groups in total. The van der Waals surface area contributed by atoms with Crippen LogP contribution in [0.2, 0.25) is 0 Å². The number of carbonyl (C=O) groups is 1. The van der Waals surface area contributed by atoms with Crippen molar-refractivity contribution in [3.05, 3.63) is 0 Å². The number of ether oxygens (including phenoxy) is 1. The van der Waals surface area contributed by atoms with Gasteiger partial charge in [-0.15, -0.1) is 0 Å². The first kappa shape index (κ1) is 14.3. The number of hydrogen-bond acceptors (Lipinski definition) is 5. The second-order valence-corrected chi connectivity index (χ2v) is 5.07. The van der Waals surface area contributed by atoms with Gasteiger partial charge < -0.3 is 9.84 Å². The molecule has 0 radical (unpaired) electrons. The minimum Gasteiger partial charge on any atom is -0.469 e. The number of rotatable bonds is 7. The predicted octanol–water partition coefficient (Wildman–Crippen LogP) is -0.760. The number of methoxy groups -OCH3 is 1. The molecule has 15 heavy (non-hydrogen) atoms. The van der Waals surface area contributed by atoms with Gasteiger partial charge in [-0.05, 0) is 13.3 Å². The molecular formula is C8H17NO5S. The number of sulfonamides is 1. The molecule has 0 aromatic heterocycles. The fourth-order valence-electron chi connectivity index (χ4n) is 0.911. The van der Waals surface area contributed by atoms with Gasteiger partial charge in [-0.2, -0.15) is 0 Å². The van der Waals surface area contributed by atoms with Crippen LogP contribution in [0.4, 0.5) is 0 Å². The summed E-state index contributed by atoms with van der Waals surface area (Å²) in [5, 5.41) is 8.65. The molecule has 0 spiro atoms. The summed E-state index contributed by atoms with van der Waals surface area (Å²) >= 11 is 0. The lowest BCUT2D eigenvalue weighted by molar-refractivity contribution is -0.140. The lowest BCUT2D eigenvalue weighted by Crippen LogP contribution is -2.36. The molecule has 0 aliphatic carbocycles. The quantitative estimate of drug-likeness (QED) is 0.570. The molecule has 0 heterocycles. The maximum Gasteiger partial charge on any atom is 0.305 e. The molecule has 0 bridgehead atoms. The molecule has 0 amide bonds. The lowest BCUT2D eigenvalue weighted by Gasteiger charge is -2.10. The van der Waals surface area contributed by atoms with Crippen molar-refractivity contribution in [3.8, 4) is 0 Å². The molecule has 90 valence electrons. The first-order valence-electron chi connectivity index (χ1n) is 4.59. The maximum atomic E-state index is 11.3. The van der Waals surface area contributed by atoms with Crippen LogP contribution in [0.1, 0.15) is 19.8 Å². The van der Waals surface area contributed by atoms with Crippen LogP contribution in [-0.2, 0) is 19.6 Å². The average Bonchev–Trinajstić information content (AvgIpc) is 2.16. The van der Waals surface area contributed by atoms with Gasteiger partial charge in [0.05, 0.1) is 19.5 Å². The van der Waals surface area contributed by atoms with E-state index in [2.05, 4.69) is 9.46 Å². The summed E-state index contributed by atoms with van der Waals surface area (Å²) < 4.78 is 29.2. The summed E-state index contributed by atoms with van der Waals surface area (Å²) in [6.07, 6.45) is 0.283. The van der Waals surface area contributed by atoms with Crippen LogP contribution in [0, 0.1) is 0 Å². The molecule has 0 saturated carbocycles. The summed E-state index contributed by atoms with van der Waals surface area (Å²) in [6, 6.07) is -0.506. The maximum absolute atomic E-state index is 11.3. The van der Waals surface area contributed by atoms with Gasteiger partial charge in [0.2, 0.25) is 10.0 Å². The molecule has 0 unspecified atom stereocenters. The van der Waals surface area contributed by atoms with E-state index in [0.717, 1.165) is 0 Å². The van der Waals surface area contributed by atoms with Crippen molar-refractivity contribution in [2.24, 2.45) is 0 Å². The molecular weight excluding hydrogens is 222 g/mol. The summed E-state index contributed by atoms with van der Waals surface area (Å²) in [6.45, 7) is 1.30. The monoisotopic (exact) mass is 239 g/mol. The Morgan fingerprint density at radius 3 is 2.60 bits per heavy atom. The average molecular weight is 239 g/mol. The van der Waals surface area contributed by atoms with E-state index in [1.807, 2.05) is 0 Å². The molecule has 0 aliphatic rings. The van der Waals surface area contributed by atoms with Gasteiger partial charge in [0.15, 0.2) is 0 Å². The van der Waals surface area contributed by atoms with Crippen LogP contribution >= 0.6 is 0 Å². The lowest BCUT2D eigenvalue weighted by atomic mass is 10.3. The molecule has 6 nitrogen and oxygen atoms in total. The molecule has 1 atom stereocenters. The van der Waals surface area contributed by atoms with Crippen molar-refractivity contribution in [1.82, 2.24) is 4.72 Å². The van der Waals surface area contributed by atoms with Crippen molar-refractivity contribution in [2.45, 2.75) is 25.8 Å². The van der Waals surface area contributed by atoms with Crippen molar-refractivity contribution >= 4 is 16.0 Å². The van der Waals surface area contributed by atoms with Gasteiger partial charge in [0.25, 0.3) is 0 Å². The van der Waals surface area contributed by atoms with Gasteiger partial charge in [-0.3, -0.25) is 4.79 Å². The van der Waals surface area contributed by atoms with E-state index in [1.54, 1.807) is 6.92 Å². The fraction of sp³-hybridized carbons (Fsp3) is 0.875. The van der Waals surface area contributed by atoms with Crippen LogP contribution < -0.4 is 4.72 Å². The topological polar surface area (TPSA) is 92.7 Å². The molecule has 0 fully saturated rings. The van der Waals surface area contributed by atoms with Crippen molar-refractivity contribution in [2.75, 3.05) is 19.5 Å². The van der Waals surface area contributed by atoms with Crippen molar-refractivity contribution in [3.63, 3.8) is 0 Å². The van der Waals surface area contributed by atoms with Gasteiger partial charge >= 0.3 is 5.97 Å². The Balaban J connectivity index is 3.90. The molecule has 0 saturated heterocycles. The Bertz CT molecular complexity index is 287. The Kier molecular flexibility index (Phi) is 6.46. The number of hydrogen-bond donors (Lipinski definition) is 2. The third-order valence-electron chi connectivity index (χ3n) is 1.68. The summed E-state index contributed by atoms with van der Waals surface area (Å²) in [4.78, 5) is 10.7. The molecule has 0 rings (SSSR count). The first-order valence-corrected chi connectivity index (χ1v) is 6.24. The van der Waals surface area contributed by atoms with Crippen LogP contribution in [0.5, 0.6) is 0 Å². The predicted molar refractivity (Wildman–Crippen MR) is 54.7 cm³/mol. The highest BCUT2D eigenvalue weighted by atomic mass is 32.2. The second kappa shape index (κ2) is 6.76. The molecule has 0 aromatic rings. The SMILES string of the molecule is COC(=O)CCCS(=O)(=O)N[C@H](C)CO. The summed E-state index contributed by atoms with van der Waals surface area (Å²) in [5.41, 5.74) is 0. The number of nitrogens with one attached hydrogen (secondary N) is 1. The fourth-order valence-corrected chi connectivity index (χ4v) is 2.24. The van der Waals surface area contributed by atoms with Gasteiger partial charge in [0.1, 0.15) is 0 Å². The molecule has 7 heteroatoms. The van der Waals surface area contributed by atoms with E-state index >= 15 is 0 Å². The minimum absolute atomic E-state index is 0.0743. The number of carbonyl (C=O) groups excluding carboxylic acids is 1. The van der Waals surface area contributed by atoms with Gasteiger partial charge in [0, 0.05) is 12.5 Å². The number of esters is 1. The van der Waals surface area contributed by atoms with Crippen molar-refractivity contribution in [1.29, 1.82) is 0 Å². The Morgan fingerprint density at radius 1 is 1.53 bits per heavy atom. The van der Waals surface area contributed by atoms with Crippen LogP contribution in [-0.4, -0.2) is 45.0 Å². The Hall–Kier alpha value is -0.660. The first-order chi connectivity index (χ1) is 6.91. The zero-order valence-electron chi connectivity index (χ0n) is 8.89. The van der Waals surface area contributed by atoms with E-state index < -0.39 is 22.0 Å². The van der Waals surface area contributed by atoms with Gasteiger partial charge in [-0.1, -0.05) is 0 Å². The summed E-state index contributed by atoms with van der Waals surface area (Å²) in [7, 11) is -2.16.